The number of benzene rings is 1. The van der Waals surface area contributed by atoms with Crippen LogP contribution in [0.1, 0.15) is 5.56 Å². The molecule has 0 aliphatic carbocycles. The zero-order valence-electron chi connectivity index (χ0n) is 11.7. The maximum Gasteiger partial charge on any atom is 0.123 e. The SMILES string of the molecule is CSc1nc(-c2ccc(F)cc2)cc(-c2cccs2)c1C#N. The van der Waals surface area contributed by atoms with Gasteiger partial charge in [0.2, 0.25) is 0 Å². The summed E-state index contributed by atoms with van der Waals surface area (Å²) in [7, 11) is 0. The number of nitrogens with zero attached hydrogens (tertiary/aromatic N) is 2. The summed E-state index contributed by atoms with van der Waals surface area (Å²) in [5.74, 6) is -0.277. The Balaban J connectivity index is 2.23. The van der Waals surface area contributed by atoms with Crippen molar-refractivity contribution >= 4 is 23.1 Å². The van der Waals surface area contributed by atoms with Gasteiger partial charge in [-0.15, -0.1) is 23.1 Å². The fourth-order valence-corrected chi connectivity index (χ4v) is 3.47. The summed E-state index contributed by atoms with van der Waals surface area (Å²) in [6.45, 7) is 0. The van der Waals surface area contributed by atoms with Crippen molar-refractivity contribution < 1.29 is 4.39 Å². The fraction of sp³-hybridized carbons (Fsp3) is 0.0588. The predicted octanol–water partition coefficient (Wildman–Crippen LogP) is 5.21. The quantitative estimate of drug-likeness (QED) is 0.620. The Morgan fingerprint density at radius 2 is 2.00 bits per heavy atom. The van der Waals surface area contributed by atoms with Crippen LogP contribution >= 0.6 is 23.1 Å². The highest BCUT2D eigenvalue weighted by Gasteiger charge is 2.15. The van der Waals surface area contributed by atoms with E-state index >= 15 is 0 Å². The second-order valence-electron chi connectivity index (χ2n) is 4.54. The lowest BCUT2D eigenvalue weighted by Gasteiger charge is -2.10. The van der Waals surface area contributed by atoms with Gasteiger partial charge in [-0.25, -0.2) is 9.37 Å². The van der Waals surface area contributed by atoms with Gasteiger partial charge in [-0.2, -0.15) is 5.26 Å². The molecule has 0 bridgehead atoms. The summed E-state index contributed by atoms with van der Waals surface area (Å²) >= 11 is 3.02. The van der Waals surface area contributed by atoms with Crippen molar-refractivity contribution in [2.75, 3.05) is 6.26 Å². The molecule has 0 amide bonds. The van der Waals surface area contributed by atoms with Crippen LogP contribution in [-0.4, -0.2) is 11.2 Å². The van der Waals surface area contributed by atoms with Crippen molar-refractivity contribution in [3.05, 3.63) is 59.2 Å². The largest absolute Gasteiger partial charge is 0.240 e. The Hall–Kier alpha value is -2.16. The van der Waals surface area contributed by atoms with Gasteiger partial charge in [-0.05, 0) is 48.0 Å². The van der Waals surface area contributed by atoms with Crippen LogP contribution in [0.5, 0.6) is 0 Å². The number of thiophene rings is 1. The minimum atomic E-state index is -0.277. The van der Waals surface area contributed by atoms with Gasteiger partial charge < -0.3 is 0 Å². The Morgan fingerprint density at radius 3 is 2.59 bits per heavy atom. The molecule has 2 aromatic heterocycles. The molecule has 0 saturated carbocycles. The molecule has 0 saturated heterocycles. The number of hydrogen-bond donors (Lipinski definition) is 0. The minimum Gasteiger partial charge on any atom is -0.240 e. The molecule has 0 unspecified atom stereocenters. The van der Waals surface area contributed by atoms with Crippen LogP contribution in [0.4, 0.5) is 4.39 Å². The molecule has 2 heterocycles. The van der Waals surface area contributed by atoms with Gasteiger partial charge in [0.05, 0.1) is 11.3 Å². The van der Waals surface area contributed by atoms with Gasteiger partial charge >= 0.3 is 0 Å². The van der Waals surface area contributed by atoms with Crippen molar-refractivity contribution in [1.82, 2.24) is 4.98 Å². The predicted molar refractivity (Wildman–Crippen MR) is 89.4 cm³/mol. The first-order valence-electron chi connectivity index (χ1n) is 6.52. The van der Waals surface area contributed by atoms with Crippen molar-refractivity contribution in [1.29, 1.82) is 5.26 Å². The number of nitriles is 1. The Morgan fingerprint density at radius 1 is 1.23 bits per heavy atom. The van der Waals surface area contributed by atoms with Crippen LogP contribution in [0, 0.1) is 17.1 Å². The van der Waals surface area contributed by atoms with Crippen molar-refractivity contribution in [3.8, 4) is 27.8 Å². The third-order valence-corrected chi connectivity index (χ3v) is 4.80. The third-order valence-electron chi connectivity index (χ3n) is 3.22. The van der Waals surface area contributed by atoms with Crippen LogP contribution in [0.15, 0.2) is 52.9 Å². The van der Waals surface area contributed by atoms with Gasteiger partial charge in [0, 0.05) is 16.0 Å². The van der Waals surface area contributed by atoms with Crippen LogP contribution in [0.25, 0.3) is 21.7 Å². The van der Waals surface area contributed by atoms with E-state index in [-0.39, 0.29) is 5.82 Å². The second-order valence-corrected chi connectivity index (χ2v) is 6.28. The lowest BCUT2D eigenvalue weighted by Crippen LogP contribution is -1.94. The van der Waals surface area contributed by atoms with Gasteiger partial charge in [0.1, 0.15) is 16.9 Å². The summed E-state index contributed by atoms with van der Waals surface area (Å²) in [5.41, 5.74) is 3.03. The maximum absolute atomic E-state index is 13.1. The van der Waals surface area contributed by atoms with Crippen molar-refractivity contribution in [3.63, 3.8) is 0 Å². The first-order chi connectivity index (χ1) is 10.7. The lowest BCUT2D eigenvalue weighted by atomic mass is 10.0. The number of aromatic nitrogens is 1. The highest BCUT2D eigenvalue weighted by Crippen LogP contribution is 2.35. The molecule has 1 aromatic carbocycles. The van der Waals surface area contributed by atoms with Crippen LogP contribution < -0.4 is 0 Å². The molecular formula is C17H11FN2S2. The zero-order valence-corrected chi connectivity index (χ0v) is 13.3. The molecule has 0 N–H and O–H groups in total. The topological polar surface area (TPSA) is 36.7 Å². The molecule has 22 heavy (non-hydrogen) atoms. The Labute approximate surface area is 136 Å². The number of thioether (sulfide) groups is 1. The second kappa shape index (κ2) is 6.30. The number of rotatable bonds is 3. The average molecular weight is 326 g/mol. The summed E-state index contributed by atoms with van der Waals surface area (Å²) < 4.78 is 13.1. The van der Waals surface area contributed by atoms with E-state index in [9.17, 15) is 9.65 Å². The first-order valence-corrected chi connectivity index (χ1v) is 8.62. The van der Waals surface area contributed by atoms with Crippen LogP contribution in [0.2, 0.25) is 0 Å². The molecule has 0 fully saturated rings. The molecule has 3 aromatic rings. The van der Waals surface area contributed by atoms with E-state index in [0.717, 1.165) is 21.7 Å². The van der Waals surface area contributed by atoms with Crippen molar-refractivity contribution in [2.45, 2.75) is 5.03 Å². The summed E-state index contributed by atoms with van der Waals surface area (Å²) in [4.78, 5) is 5.58. The normalized spacial score (nSPS) is 10.4. The highest BCUT2D eigenvalue weighted by molar-refractivity contribution is 7.98. The summed E-state index contributed by atoms with van der Waals surface area (Å²) in [6.07, 6.45) is 1.90. The van der Waals surface area contributed by atoms with Crippen molar-refractivity contribution in [2.24, 2.45) is 0 Å². The maximum atomic E-state index is 13.1. The summed E-state index contributed by atoms with van der Waals surface area (Å²) in [5, 5.41) is 12.1. The lowest BCUT2D eigenvalue weighted by molar-refractivity contribution is 0.628. The number of halogens is 1. The van der Waals surface area contributed by atoms with E-state index < -0.39 is 0 Å². The molecule has 2 nitrogen and oxygen atoms in total. The number of pyridine rings is 1. The average Bonchev–Trinajstić information content (AvgIpc) is 3.08. The minimum absolute atomic E-state index is 0.277. The number of hydrogen-bond acceptors (Lipinski definition) is 4. The molecule has 108 valence electrons. The van der Waals surface area contributed by atoms with Gasteiger partial charge in [0.25, 0.3) is 0 Å². The molecule has 0 atom stereocenters. The smallest absolute Gasteiger partial charge is 0.123 e. The highest BCUT2D eigenvalue weighted by atomic mass is 32.2. The molecule has 0 aliphatic rings. The molecule has 3 rings (SSSR count). The molecular weight excluding hydrogens is 315 g/mol. The van der Waals surface area contributed by atoms with Crippen LogP contribution in [0.3, 0.4) is 0 Å². The van der Waals surface area contributed by atoms with E-state index in [4.69, 9.17) is 0 Å². The van der Waals surface area contributed by atoms with E-state index in [1.165, 1.54) is 23.9 Å². The summed E-state index contributed by atoms with van der Waals surface area (Å²) in [6, 6.07) is 14.3. The van der Waals surface area contributed by atoms with E-state index in [1.807, 2.05) is 29.8 Å². The monoisotopic (exact) mass is 326 g/mol. The Kier molecular flexibility index (Phi) is 4.23. The third kappa shape index (κ3) is 2.76. The zero-order chi connectivity index (χ0) is 15.5. The van der Waals surface area contributed by atoms with Gasteiger partial charge in [-0.3, -0.25) is 0 Å². The fourth-order valence-electron chi connectivity index (χ4n) is 2.17. The standard InChI is InChI=1S/C17H11FN2S2/c1-21-17-14(10-19)13(16-3-2-8-22-16)9-15(20-17)11-4-6-12(18)7-5-11/h2-9H,1H3. The molecule has 5 heteroatoms. The van der Waals surface area contributed by atoms with Crippen LogP contribution in [-0.2, 0) is 0 Å². The van der Waals surface area contributed by atoms with E-state index in [2.05, 4.69) is 11.1 Å². The Bertz CT molecular complexity index is 834. The van der Waals surface area contributed by atoms with Gasteiger partial charge in [-0.1, -0.05) is 6.07 Å². The van der Waals surface area contributed by atoms with E-state index in [1.54, 1.807) is 23.5 Å². The molecule has 0 spiro atoms. The molecule has 0 aliphatic heterocycles. The van der Waals surface area contributed by atoms with Gasteiger partial charge in [0.15, 0.2) is 0 Å². The first kappa shape index (κ1) is 14.8. The molecule has 0 radical (unpaired) electrons. The van der Waals surface area contributed by atoms with E-state index in [0.29, 0.717) is 10.6 Å².